The van der Waals surface area contributed by atoms with E-state index in [0.717, 1.165) is 39.9 Å². The number of nitriles is 1. The third kappa shape index (κ3) is 4.61. The summed E-state index contributed by atoms with van der Waals surface area (Å²) in [6.45, 7) is 1.41. The number of pyridine rings is 1. The van der Waals surface area contributed by atoms with E-state index in [4.69, 9.17) is 20.8 Å². The Morgan fingerprint density at radius 3 is 2.78 bits per heavy atom. The predicted molar refractivity (Wildman–Crippen MR) is 120 cm³/mol. The van der Waals surface area contributed by atoms with Crippen molar-refractivity contribution < 1.29 is 14.6 Å². The zero-order valence-electron chi connectivity index (χ0n) is 17.4. The monoisotopic (exact) mass is 426 g/mol. The van der Waals surface area contributed by atoms with Gasteiger partial charge in [-0.3, -0.25) is 4.98 Å². The highest BCUT2D eigenvalue weighted by atomic mass is 16.5. The van der Waals surface area contributed by atoms with Gasteiger partial charge in [0.1, 0.15) is 12.4 Å². The van der Waals surface area contributed by atoms with E-state index in [0.29, 0.717) is 25.3 Å². The van der Waals surface area contributed by atoms with Crippen molar-refractivity contribution in [2.45, 2.75) is 19.6 Å². The number of carboxylic acids is 1. The van der Waals surface area contributed by atoms with Crippen LogP contribution in [0, 0.1) is 11.3 Å². The lowest BCUT2D eigenvalue weighted by atomic mass is 10.1. The van der Waals surface area contributed by atoms with Crippen molar-refractivity contribution in [3.05, 3.63) is 94.9 Å². The highest BCUT2D eigenvalue weighted by molar-refractivity contribution is 5.87. The van der Waals surface area contributed by atoms with Crippen molar-refractivity contribution in [2.75, 3.05) is 6.54 Å². The lowest BCUT2D eigenvalue weighted by molar-refractivity contribution is 0.0696. The molecule has 32 heavy (non-hydrogen) atoms. The average molecular weight is 426 g/mol. The number of nitrogens with zero attached hydrogens (tertiary/aromatic N) is 3. The second kappa shape index (κ2) is 9.33. The third-order valence-corrected chi connectivity index (χ3v) is 5.21. The van der Waals surface area contributed by atoms with Crippen LogP contribution in [0.5, 0.6) is 5.75 Å². The number of carbonyl (C=O) groups is 1. The summed E-state index contributed by atoms with van der Waals surface area (Å²) in [6.07, 6.45) is 4.16. The molecule has 0 fully saturated rings. The summed E-state index contributed by atoms with van der Waals surface area (Å²) in [5, 5.41) is 19.2. The Labute approximate surface area is 185 Å². The van der Waals surface area contributed by atoms with Crippen LogP contribution >= 0.6 is 0 Å². The maximum absolute atomic E-state index is 11.0. The molecular formula is C25H22N4O3. The van der Waals surface area contributed by atoms with E-state index in [-0.39, 0.29) is 5.56 Å². The lowest BCUT2D eigenvalue weighted by Crippen LogP contribution is -2.04. The first-order chi connectivity index (χ1) is 15.6. The molecule has 2 aromatic carbocycles. The SMILES string of the molecule is N#Cc1cccc(COc2ccc3c(c2)c(CCN)cn3Cc2ccc(C(=O)O)cn2)c1. The van der Waals surface area contributed by atoms with E-state index in [1.807, 2.05) is 36.4 Å². The maximum atomic E-state index is 11.0. The van der Waals surface area contributed by atoms with Gasteiger partial charge in [0.2, 0.25) is 0 Å². The number of nitrogens with two attached hydrogens (primary N) is 1. The molecule has 0 aliphatic carbocycles. The molecule has 2 heterocycles. The molecule has 4 aromatic rings. The van der Waals surface area contributed by atoms with Crippen LogP contribution in [0.2, 0.25) is 0 Å². The van der Waals surface area contributed by atoms with Gasteiger partial charge in [-0.05, 0) is 66.6 Å². The van der Waals surface area contributed by atoms with Crippen molar-refractivity contribution >= 4 is 16.9 Å². The Morgan fingerprint density at radius 2 is 2.06 bits per heavy atom. The van der Waals surface area contributed by atoms with Gasteiger partial charge in [0, 0.05) is 23.3 Å². The lowest BCUT2D eigenvalue weighted by Gasteiger charge is -2.09. The minimum atomic E-state index is -0.993. The van der Waals surface area contributed by atoms with Crippen LogP contribution in [0.25, 0.3) is 10.9 Å². The number of hydrogen-bond donors (Lipinski definition) is 2. The molecule has 0 atom stereocenters. The van der Waals surface area contributed by atoms with E-state index in [9.17, 15) is 4.79 Å². The molecule has 0 radical (unpaired) electrons. The molecule has 0 unspecified atom stereocenters. The molecule has 7 heteroatoms. The predicted octanol–water partition coefficient (Wildman–Crippen LogP) is 3.73. The number of ether oxygens (including phenoxy) is 1. The zero-order valence-corrected chi connectivity index (χ0v) is 17.4. The molecule has 0 saturated carbocycles. The second-order valence-electron chi connectivity index (χ2n) is 7.44. The summed E-state index contributed by atoms with van der Waals surface area (Å²) in [5.41, 5.74) is 10.4. The summed E-state index contributed by atoms with van der Waals surface area (Å²) < 4.78 is 8.06. The summed E-state index contributed by atoms with van der Waals surface area (Å²) in [4.78, 5) is 15.3. The van der Waals surface area contributed by atoms with Gasteiger partial charge in [0.05, 0.1) is 29.4 Å². The fourth-order valence-corrected chi connectivity index (χ4v) is 3.64. The molecule has 0 aliphatic heterocycles. The number of aromatic carboxylic acids is 1. The zero-order chi connectivity index (χ0) is 22.5. The highest BCUT2D eigenvalue weighted by Gasteiger charge is 2.11. The van der Waals surface area contributed by atoms with Crippen LogP contribution in [-0.4, -0.2) is 27.2 Å². The molecule has 3 N–H and O–H groups in total. The summed E-state index contributed by atoms with van der Waals surface area (Å²) in [7, 11) is 0. The Bertz CT molecular complexity index is 1300. The van der Waals surface area contributed by atoms with Crippen molar-refractivity contribution in [1.29, 1.82) is 5.26 Å². The van der Waals surface area contributed by atoms with Crippen molar-refractivity contribution in [1.82, 2.24) is 9.55 Å². The van der Waals surface area contributed by atoms with Crippen LogP contribution in [-0.2, 0) is 19.6 Å². The molecule has 0 amide bonds. The van der Waals surface area contributed by atoms with Crippen LogP contribution in [0.15, 0.2) is 67.0 Å². The molecule has 0 aliphatic rings. The number of rotatable bonds is 8. The molecule has 7 nitrogen and oxygen atoms in total. The van der Waals surface area contributed by atoms with E-state index in [1.165, 1.54) is 6.20 Å². The van der Waals surface area contributed by atoms with Crippen molar-refractivity contribution in [3.63, 3.8) is 0 Å². The largest absolute Gasteiger partial charge is 0.489 e. The normalized spacial score (nSPS) is 10.8. The third-order valence-electron chi connectivity index (χ3n) is 5.21. The van der Waals surface area contributed by atoms with E-state index in [1.54, 1.807) is 18.2 Å². The average Bonchev–Trinajstić information content (AvgIpc) is 3.15. The van der Waals surface area contributed by atoms with E-state index >= 15 is 0 Å². The Balaban J connectivity index is 1.58. The fourth-order valence-electron chi connectivity index (χ4n) is 3.64. The van der Waals surface area contributed by atoms with Gasteiger partial charge < -0.3 is 20.1 Å². The topological polar surface area (TPSA) is 114 Å². The quantitative estimate of drug-likeness (QED) is 0.444. The van der Waals surface area contributed by atoms with Crippen molar-refractivity contribution in [3.8, 4) is 11.8 Å². The minimum Gasteiger partial charge on any atom is -0.489 e. The Morgan fingerprint density at radius 1 is 1.19 bits per heavy atom. The fraction of sp³-hybridized carbons (Fsp3) is 0.160. The van der Waals surface area contributed by atoms with Crippen LogP contribution in [0.3, 0.4) is 0 Å². The van der Waals surface area contributed by atoms with E-state index in [2.05, 4.69) is 21.8 Å². The summed E-state index contributed by atoms with van der Waals surface area (Å²) in [5.74, 6) is -0.257. The Hall–Kier alpha value is -4.15. The first-order valence-electron chi connectivity index (χ1n) is 10.2. The molecule has 0 bridgehead atoms. The van der Waals surface area contributed by atoms with Gasteiger partial charge in [-0.15, -0.1) is 0 Å². The molecule has 2 aromatic heterocycles. The molecule has 0 saturated heterocycles. The number of benzene rings is 2. The molecule has 4 rings (SSSR count). The van der Waals surface area contributed by atoms with Gasteiger partial charge in [0.15, 0.2) is 0 Å². The number of hydrogen-bond acceptors (Lipinski definition) is 5. The number of fused-ring (bicyclic) bond motifs is 1. The summed E-state index contributed by atoms with van der Waals surface area (Å²) >= 11 is 0. The van der Waals surface area contributed by atoms with Crippen LogP contribution in [0.4, 0.5) is 0 Å². The van der Waals surface area contributed by atoms with Crippen LogP contribution in [0.1, 0.15) is 32.7 Å². The molecular weight excluding hydrogens is 404 g/mol. The summed E-state index contributed by atoms with van der Waals surface area (Å²) in [6, 6.07) is 18.7. The van der Waals surface area contributed by atoms with E-state index < -0.39 is 5.97 Å². The smallest absolute Gasteiger partial charge is 0.337 e. The standard InChI is InChI=1S/C25H22N4O3/c26-9-8-20-14-29(15-21-5-4-19(13-28-21)25(30)31)24-7-6-22(11-23(20)24)32-16-18-3-1-2-17(10-18)12-27/h1-7,10-11,13-14H,8-9,15-16,26H2,(H,30,31). The maximum Gasteiger partial charge on any atom is 0.337 e. The first-order valence-corrected chi connectivity index (χ1v) is 10.2. The highest BCUT2D eigenvalue weighted by Crippen LogP contribution is 2.27. The van der Waals surface area contributed by atoms with Crippen molar-refractivity contribution in [2.24, 2.45) is 5.73 Å². The molecule has 160 valence electrons. The second-order valence-corrected chi connectivity index (χ2v) is 7.44. The van der Waals surface area contributed by atoms with Gasteiger partial charge in [-0.1, -0.05) is 12.1 Å². The van der Waals surface area contributed by atoms with Gasteiger partial charge in [0.25, 0.3) is 0 Å². The van der Waals surface area contributed by atoms with Gasteiger partial charge >= 0.3 is 5.97 Å². The first kappa shape index (κ1) is 21.1. The number of carboxylic acid groups (broad SMARTS) is 1. The van der Waals surface area contributed by atoms with Gasteiger partial charge in [-0.25, -0.2) is 4.79 Å². The molecule has 0 spiro atoms. The van der Waals surface area contributed by atoms with Gasteiger partial charge in [-0.2, -0.15) is 5.26 Å². The van der Waals surface area contributed by atoms with Crippen LogP contribution < -0.4 is 10.5 Å². The Kier molecular flexibility index (Phi) is 6.15. The number of aromatic nitrogens is 2. The minimum absolute atomic E-state index is 0.164.